The highest BCUT2D eigenvalue weighted by molar-refractivity contribution is 7.71. The molecular weight excluding hydrogens is 254 g/mol. The minimum absolute atomic E-state index is 0.531. The molecule has 0 saturated heterocycles. The lowest BCUT2D eigenvalue weighted by Crippen LogP contribution is -2.27. The van der Waals surface area contributed by atoms with E-state index in [1.165, 1.54) is 31.2 Å². The smallest absolute Gasteiger partial charge is 0.159 e. The number of nitrogens with one attached hydrogen (secondary N) is 1. The summed E-state index contributed by atoms with van der Waals surface area (Å²) >= 11 is 5.61. The Kier molecular flexibility index (Phi) is 3.51. The second kappa shape index (κ2) is 5.29. The fourth-order valence-electron chi connectivity index (χ4n) is 2.81. The van der Waals surface area contributed by atoms with Gasteiger partial charge in [0.15, 0.2) is 5.65 Å². The molecule has 0 radical (unpaired) electrons. The highest BCUT2D eigenvalue weighted by atomic mass is 32.1. The highest BCUT2D eigenvalue weighted by Crippen LogP contribution is 2.21. The second-order valence-corrected chi connectivity index (χ2v) is 5.58. The van der Waals surface area contributed by atoms with Gasteiger partial charge in [0, 0.05) is 17.6 Å². The molecule has 2 aromatic rings. The van der Waals surface area contributed by atoms with Gasteiger partial charge in [-0.05, 0) is 43.0 Å². The van der Waals surface area contributed by atoms with Crippen molar-refractivity contribution in [2.75, 3.05) is 5.43 Å². The largest absolute Gasteiger partial charge is 0.320 e. The summed E-state index contributed by atoms with van der Waals surface area (Å²) in [5.74, 6) is 0. The van der Waals surface area contributed by atoms with Crippen molar-refractivity contribution in [3.63, 3.8) is 0 Å². The Bertz CT molecular complexity index is 641. The topological polar surface area (TPSA) is 29.9 Å². The van der Waals surface area contributed by atoms with E-state index in [4.69, 9.17) is 12.2 Å². The summed E-state index contributed by atoms with van der Waals surface area (Å²) < 4.78 is 2.90. The molecule has 3 nitrogen and oxygen atoms in total. The standard InChI is InChI=1S/C15H19N3S/c1-2-11-10-12-6-5-9-16-14(12)18(15(11)19)17-13-7-3-4-8-13/h5-6,9-10,13,17H,2-4,7-8H2,1H3. The molecule has 4 heteroatoms. The van der Waals surface area contributed by atoms with Crippen LogP contribution in [0.4, 0.5) is 0 Å². The molecule has 0 aliphatic heterocycles. The first-order chi connectivity index (χ1) is 9.29. The predicted molar refractivity (Wildman–Crippen MR) is 81.6 cm³/mol. The van der Waals surface area contributed by atoms with Gasteiger partial charge in [0.2, 0.25) is 0 Å². The second-order valence-electron chi connectivity index (χ2n) is 5.19. The Labute approximate surface area is 118 Å². The van der Waals surface area contributed by atoms with Crippen LogP contribution in [0.1, 0.15) is 38.2 Å². The van der Waals surface area contributed by atoms with E-state index in [0.29, 0.717) is 6.04 Å². The normalized spacial score (nSPS) is 16.1. The summed E-state index contributed by atoms with van der Waals surface area (Å²) in [7, 11) is 0. The van der Waals surface area contributed by atoms with Crippen molar-refractivity contribution < 1.29 is 0 Å². The molecule has 1 aliphatic rings. The Morgan fingerprint density at radius 1 is 1.42 bits per heavy atom. The molecule has 0 spiro atoms. The van der Waals surface area contributed by atoms with Crippen molar-refractivity contribution in [1.29, 1.82) is 0 Å². The summed E-state index contributed by atoms with van der Waals surface area (Å²) in [6, 6.07) is 6.77. The summed E-state index contributed by atoms with van der Waals surface area (Å²) in [4.78, 5) is 4.49. The van der Waals surface area contributed by atoms with Crippen LogP contribution >= 0.6 is 12.2 Å². The van der Waals surface area contributed by atoms with Crippen LogP contribution in [0.5, 0.6) is 0 Å². The average Bonchev–Trinajstić information content (AvgIpc) is 2.94. The highest BCUT2D eigenvalue weighted by Gasteiger charge is 2.16. The van der Waals surface area contributed by atoms with Gasteiger partial charge < -0.3 is 5.43 Å². The van der Waals surface area contributed by atoms with Crippen molar-refractivity contribution in [2.45, 2.75) is 45.1 Å². The van der Waals surface area contributed by atoms with Gasteiger partial charge in [-0.3, -0.25) is 0 Å². The lowest BCUT2D eigenvalue weighted by molar-refractivity contribution is 0.656. The molecule has 100 valence electrons. The van der Waals surface area contributed by atoms with Crippen LogP contribution in [0, 0.1) is 4.64 Å². The fourth-order valence-corrected chi connectivity index (χ4v) is 3.15. The van der Waals surface area contributed by atoms with Crippen molar-refractivity contribution in [2.24, 2.45) is 0 Å². The van der Waals surface area contributed by atoms with Crippen molar-refractivity contribution in [3.8, 4) is 0 Å². The van der Waals surface area contributed by atoms with E-state index in [-0.39, 0.29) is 0 Å². The third-order valence-corrected chi connectivity index (χ3v) is 4.33. The molecular formula is C15H19N3S. The maximum absolute atomic E-state index is 5.61. The first-order valence-electron chi connectivity index (χ1n) is 7.06. The van der Waals surface area contributed by atoms with Crippen molar-refractivity contribution in [3.05, 3.63) is 34.6 Å². The molecule has 3 rings (SSSR count). The summed E-state index contributed by atoms with van der Waals surface area (Å²) in [5.41, 5.74) is 5.73. The van der Waals surface area contributed by atoms with E-state index in [9.17, 15) is 0 Å². The molecule has 2 aromatic heterocycles. The number of hydrogen-bond donors (Lipinski definition) is 1. The molecule has 1 aliphatic carbocycles. The molecule has 0 amide bonds. The average molecular weight is 273 g/mol. The third kappa shape index (κ3) is 2.37. The fraction of sp³-hybridized carbons (Fsp3) is 0.467. The van der Waals surface area contributed by atoms with Crippen molar-refractivity contribution in [1.82, 2.24) is 9.66 Å². The van der Waals surface area contributed by atoms with Crippen LogP contribution < -0.4 is 5.43 Å². The molecule has 2 heterocycles. The van der Waals surface area contributed by atoms with E-state index in [1.54, 1.807) is 0 Å². The van der Waals surface area contributed by atoms with Gasteiger partial charge >= 0.3 is 0 Å². The third-order valence-electron chi connectivity index (χ3n) is 3.88. The lowest BCUT2D eigenvalue weighted by Gasteiger charge is -2.19. The predicted octanol–water partition coefficient (Wildman–Crippen LogP) is 3.81. The number of rotatable bonds is 3. The number of hydrogen-bond acceptors (Lipinski definition) is 3. The quantitative estimate of drug-likeness (QED) is 0.862. The molecule has 1 N–H and O–H groups in total. The zero-order chi connectivity index (χ0) is 13.2. The van der Waals surface area contributed by atoms with E-state index in [2.05, 4.69) is 29.5 Å². The van der Waals surface area contributed by atoms with Gasteiger partial charge in [0.1, 0.15) is 4.64 Å². The van der Waals surface area contributed by atoms with Crippen molar-refractivity contribution >= 4 is 23.3 Å². The van der Waals surface area contributed by atoms with Gasteiger partial charge in [0.25, 0.3) is 0 Å². The van der Waals surface area contributed by atoms with E-state index >= 15 is 0 Å². The molecule has 0 atom stereocenters. The number of pyridine rings is 2. The van der Waals surface area contributed by atoms with Crippen LogP contribution in [0.3, 0.4) is 0 Å². The maximum Gasteiger partial charge on any atom is 0.159 e. The Morgan fingerprint density at radius 3 is 2.95 bits per heavy atom. The van der Waals surface area contributed by atoms with Crippen LogP contribution in [0.15, 0.2) is 24.4 Å². The molecule has 19 heavy (non-hydrogen) atoms. The number of fused-ring (bicyclic) bond motifs is 1. The number of aryl methyl sites for hydroxylation is 1. The van der Waals surface area contributed by atoms with E-state index in [0.717, 1.165) is 22.1 Å². The number of aromatic nitrogens is 2. The van der Waals surface area contributed by atoms with Crippen LogP contribution in [0.25, 0.3) is 11.0 Å². The SMILES string of the molecule is CCc1cc2cccnc2n(NC2CCCC2)c1=S. The van der Waals surface area contributed by atoms with Gasteiger partial charge in [-0.15, -0.1) is 0 Å². The van der Waals surface area contributed by atoms with Gasteiger partial charge in [-0.1, -0.05) is 32.0 Å². The van der Waals surface area contributed by atoms with Gasteiger partial charge in [0.05, 0.1) is 0 Å². The Morgan fingerprint density at radius 2 is 2.21 bits per heavy atom. The molecule has 0 bridgehead atoms. The maximum atomic E-state index is 5.61. The van der Waals surface area contributed by atoms with E-state index < -0.39 is 0 Å². The summed E-state index contributed by atoms with van der Waals surface area (Å²) in [5, 5.41) is 1.15. The van der Waals surface area contributed by atoms with Crippen LogP contribution in [-0.4, -0.2) is 15.7 Å². The summed E-state index contributed by atoms with van der Waals surface area (Å²) in [6.07, 6.45) is 7.86. The minimum atomic E-state index is 0.531. The zero-order valence-corrected chi connectivity index (χ0v) is 12.0. The minimum Gasteiger partial charge on any atom is -0.320 e. The molecule has 0 aromatic carbocycles. The first-order valence-corrected chi connectivity index (χ1v) is 7.46. The van der Waals surface area contributed by atoms with Gasteiger partial charge in [-0.25, -0.2) is 9.66 Å². The van der Waals surface area contributed by atoms with Gasteiger partial charge in [-0.2, -0.15) is 0 Å². The first kappa shape index (κ1) is 12.6. The molecule has 1 saturated carbocycles. The van der Waals surface area contributed by atoms with E-state index in [1.807, 2.05) is 16.9 Å². The monoisotopic (exact) mass is 273 g/mol. The van der Waals surface area contributed by atoms with Crippen LogP contribution in [0.2, 0.25) is 0 Å². The molecule has 1 fully saturated rings. The lowest BCUT2D eigenvalue weighted by atomic mass is 10.2. The van der Waals surface area contributed by atoms with Crippen LogP contribution in [-0.2, 0) is 6.42 Å². The summed E-state index contributed by atoms with van der Waals surface area (Å²) in [6.45, 7) is 2.15. The Hall–Kier alpha value is -1.42. The number of nitrogens with zero attached hydrogens (tertiary/aromatic N) is 2. The zero-order valence-electron chi connectivity index (χ0n) is 11.2. The molecule has 0 unspecified atom stereocenters. The Balaban J connectivity index is 2.13.